The van der Waals surface area contributed by atoms with Gasteiger partial charge in [-0.3, -0.25) is 10.1 Å². The molecule has 1 aliphatic heterocycles. The fourth-order valence-corrected chi connectivity index (χ4v) is 3.90. The predicted octanol–water partition coefficient (Wildman–Crippen LogP) is 3.22. The van der Waals surface area contributed by atoms with Gasteiger partial charge in [-0.25, -0.2) is 0 Å². The highest BCUT2D eigenvalue weighted by Crippen LogP contribution is 2.54. The second-order valence-electron chi connectivity index (χ2n) is 6.36. The van der Waals surface area contributed by atoms with E-state index in [4.69, 9.17) is 9.47 Å². The highest BCUT2D eigenvalue weighted by atomic mass is 16.7. The Morgan fingerprint density at radius 3 is 2.38 bits per heavy atom. The molecule has 21 heavy (non-hydrogen) atoms. The van der Waals surface area contributed by atoms with Gasteiger partial charge in [0.2, 0.25) is 0 Å². The van der Waals surface area contributed by atoms with Gasteiger partial charge in [0.05, 0.1) is 18.1 Å². The van der Waals surface area contributed by atoms with Crippen LogP contribution in [0.3, 0.4) is 0 Å². The van der Waals surface area contributed by atoms with Gasteiger partial charge in [0, 0.05) is 23.1 Å². The van der Waals surface area contributed by atoms with Gasteiger partial charge in [0.25, 0.3) is 5.69 Å². The van der Waals surface area contributed by atoms with Gasteiger partial charge in [0.15, 0.2) is 6.29 Å². The Labute approximate surface area is 122 Å². The van der Waals surface area contributed by atoms with Crippen molar-refractivity contribution in [3.05, 3.63) is 52.1 Å². The van der Waals surface area contributed by atoms with Crippen LogP contribution in [0, 0.1) is 27.4 Å². The van der Waals surface area contributed by atoms with Crippen LogP contribution in [0.4, 0.5) is 5.69 Å². The SMILES string of the molecule is O=[N+]([O-])c1ccc(C2OCC3(CO2)C[C@@H]2C=C[C@@H]3C2)cc1. The Morgan fingerprint density at radius 2 is 1.86 bits per heavy atom. The zero-order valence-electron chi connectivity index (χ0n) is 11.6. The summed E-state index contributed by atoms with van der Waals surface area (Å²) in [6, 6.07) is 6.41. The number of hydrogen-bond acceptors (Lipinski definition) is 4. The number of benzene rings is 1. The minimum absolute atomic E-state index is 0.0873. The van der Waals surface area contributed by atoms with Crippen LogP contribution in [0.5, 0.6) is 0 Å². The predicted molar refractivity (Wildman–Crippen MR) is 75.5 cm³/mol. The van der Waals surface area contributed by atoms with Crippen LogP contribution >= 0.6 is 0 Å². The van der Waals surface area contributed by atoms with Gasteiger partial charge in [-0.05, 0) is 36.8 Å². The van der Waals surface area contributed by atoms with E-state index in [1.165, 1.54) is 18.6 Å². The molecular weight excluding hydrogens is 270 g/mol. The third-order valence-corrected chi connectivity index (χ3v) is 5.05. The summed E-state index contributed by atoms with van der Waals surface area (Å²) in [6.45, 7) is 1.42. The zero-order valence-corrected chi connectivity index (χ0v) is 11.6. The fraction of sp³-hybridized carbons (Fsp3) is 0.500. The molecule has 5 heteroatoms. The van der Waals surface area contributed by atoms with E-state index in [0.717, 1.165) is 12.0 Å². The average molecular weight is 287 g/mol. The molecule has 2 bridgehead atoms. The van der Waals surface area contributed by atoms with Crippen molar-refractivity contribution in [2.45, 2.75) is 19.1 Å². The Hall–Kier alpha value is -1.72. The van der Waals surface area contributed by atoms with Gasteiger partial charge in [-0.1, -0.05) is 12.2 Å². The second-order valence-corrected chi connectivity index (χ2v) is 6.36. The first-order valence-corrected chi connectivity index (χ1v) is 7.32. The standard InChI is InChI=1S/C16H17NO4/c18-17(19)14-5-2-12(3-6-14)15-20-9-16(10-21-15)8-11-1-4-13(16)7-11/h1-6,11,13,15H,7-10H2/t11-,13-,15?,16?/m1/s1. The third kappa shape index (κ3) is 2.08. The minimum Gasteiger partial charge on any atom is -0.348 e. The first kappa shape index (κ1) is 13.0. The molecule has 2 fully saturated rings. The van der Waals surface area contributed by atoms with Crippen LogP contribution in [0.25, 0.3) is 0 Å². The molecule has 1 heterocycles. The van der Waals surface area contributed by atoms with Crippen molar-refractivity contribution < 1.29 is 14.4 Å². The monoisotopic (exact) mass is 287 g/mol. The third-order valence-electron chi connectivity index (χ3n) is 5.05. The Kier molecular flexibility index (Phi) is 2.87. The molecule has 1 aromatic carbocycles. The number of nitro benzene ring substituents is 1. The molecule has 2 aliphatic carbocycles. The van der Waals surface area contributed by atoms with Crippen LogP contribution in [0.1, 0.15) is 24.7 Å². The number of non-ortho nitro benzene ring substituents is 1. The van der Waals surface area contributed by atoms with E-state index >= 15 is 0 Å². The topological polar surface area (TPSA) is 61.6 Å². The first-order chi connectivity index (χ1) is 10.2. The van der Waals surface area contributed by atoms with Crippen molar-refractivity contribution >= 4 is 5.69 Å². The lowest BCUT2D eigenvalue weighted by atomic mass is 9.76. The van der Waals surface area contributed by atoms with Gasteiger partial charge in [0.1, 0.15) is 0 Å². The van der Waals surface area contributed by atoms with Gasteiger partial charge in [-0.15, -0.1) is 0 Å². The first-order valence-electron chi connectivity index (χ1n) is 7.32. The van der Waals surface area contributed by atoms with E-state index in [2.05, 4.69) is 12.2 Å². The summed E-state index contributed by atoms with van der Waals surface area (Å²) in [5.41, 5.74) is 1.08. The summed E-state index contributed by atoms with van der Waals surface area (Å²) in [6.07, 6.45) is 6.61. The van der Waals surface area contributed by atoms with E-state index in [1.807, 2.05) is 0 Å². The number of ether oxygens (including phenoxy) is 2. The lowest BCUT2D eigenvalue weighted by Crippen LogP contribution is -2.41. The molecule has 0 aromatic heterocycles. The molecule has 1 aromatic rings. The van der Waals surface area contributed by atoms with Crippen molar-refractivity contribution in [2.24, 2.45) is 17.3 Å². The lowest BCUT2D eigenvalue weighted by molar-refractivity contribution is -0.384. The average Bonchev–Trinajstić information content (AvgIpc) is 3.09. The van der Waals surface area contributed by atoms with E-state index < -0.39 is 11.2 Å². The molecule has 0 amide bonds. The van der Waals surface area contributed by atoms with Crippen LogP contribution < -0.4 is 0 Å². The highest BCUT2D eigenvalue weighted by molar-refractivity contribution is 5.33. The summed E-state index contributed by atoms with van der Waals surface area (Å²) >= 11 is 0. The van der Waals surface area contributed by atoms with Gasteiger partial charge < -0.3 is 9.47 Å². The summed E-state index contributed by atoms with van der Waals surface area (Å²) in [7, 11) is 0. The fourth-order valence-electron chi connectivity index (χ4n) is 3.90. The summed E-state index contributed by atoms with van der Waals surface area (Å²) < 4.78 is 11.9. The number of nitro groups is 1. The molecule has 4 rings (SSSR count). The van der Waals surface area contributed by atoms with Crippen molar-refractivity contribution in [3.8, 4) is 0 Å². The number of fused-ring (bicyclic) bond motifs is 3. The van der Waals surface area contributed by atoms with E-state index in [9.17, 15) is 10.1 Å². The van der Waals surface area contributed by atoms with Crippen molar-refractivity contribution in [2.75, 3.05) is 13.2 Å². The van der Waals surface area contributed by atoms with Crippen molar-refractivity contribution in [1.82, 2.24) is 0 Å². The minimum atomic E-state index is -0.403. The van der Waals surface area contributed by atoms with Gasteiger partial charge in [-0.2, -0.15) is 0 Å². The molecule has 2 atom stereocenters. The normalized spacial score (nSPS) is 37.2. The van der Waals surface area contributed by atoms with E-state index in [1.54, 1.807) is 12.1 Å². The van der Waals surface area contributed by atoms with E-state index in [0.29, 0.717) is 25.0 Å². The Bertz CT molecular complexity index is 587. The van der Waals surface area contributed by atoms with E-state index in [-0.39, 0.29) is 11.1 Å². The van der Waals surface area contributed by atoms with Crippen LogP contribution in [0.2, 0.25) is 0 Å². The Morgan fingerprint density at radius 1 is 1.14 bits per heavy atom. The number of rotatable bonds is 2. The summed E-state index contributed by atoms with van der Waals surface area (Å²) in [5, 5.41) is 10.7. The number of hydrogen-bond donors (Lipinski definition) is 0. The molecule has 1 spiro atoms. The molecule has 0 unspecified atom stereocenters. The molecule has 1 saturated heterocycles. The number of allylic oxidation sites excluding steroid dienone is 2. The van der Waals surface area contributed by atoms with Crippen molar-refractivity contribution in [3.63, 3.8) is 0 Å². The van der Waals surface area contributed by atoms with Gasteiger partial charge >= 0.3 is 0 Å². The van der Waals surface area contributed by atoms with Crippen LogP contribution in [-0.4, -0.2) is 18.1 Å². The molecule has 0 N–H and O–H groups in total. The highest BCUT2D eigenvalue weighted by Gasteiger charge is 2.51. The number of nitrogens with zero attached hydrogens (tertiary/aromatic N) is 1. The molecule has 1 saturated carbocycles. The lowest BCUT2D eigenvalue weighted by Gasteiger charge is -2.41. The zero-order chi connectivity index (χ0) is 14.4. The molecule has 110 valence electrons. The quantitative estimate of drug-likeness (QED) is 0.476. The molecule has 5 nitrogen and oxygen atoms in total. The molecular formula is C16H17NO4. The maximum Gasteiger partial charge on any atom is 0.269 e. The second kappa shape index (κ2) is 4.64. The largest absolute Gasteiger partial charge is 0.348 e. The maximum atomic E-state index is 10.7. The van der Waals surface area contributed by atoms with Crippen LogP contribution in [-0.2, 0) is 9.47 Å². The van der Waals surface area contributed by atoms with Crippen LogP contribution in [0.15, 0.2) is 36.4 Å². The summed E-state index contributed by atoms with van der Waals surface area (Å²) in [4.78, 5) is 10.3. The molecule has 0 radical (unpaired) electrons. The summed E-state index contributed by atoms with van der Waals surface area (Å²) in [5.74, 6) is 1.28. The van der Waals surface area contributed by atoms with Crippen molar-refractivity contribution in [1.29, 1.82) is 0 Å². The molecule has 3 aliphatic rings. The maximum absolute atomic E-state index is 10.7. The Balaban J connectivity index is 1.45. The smallest absolute Gasteiger partial charge is 0.269 e.